The molecule has 0 spiro atoms. The summed E-state index contributed by atoms with van der Waals surface area (Å²) in [6.07, 6.45) is -5.16. The minimum atomic E-state index is -1.82. The van der Waals surface area contributed by atoms with Gasteiger partial charge in [-0.2, -0.15) is 0 Å². The third kappa shape index (κ3) is 6.25. The zero-order chi connectivity index (χ0) is 15.0. The average Bonchev–Trinajstić information content (AvgIpc) is 2.39. The van der Waals surface area contributed by atoms with E-state index in [4.69, 9.17) is 10.2 Å². The number of hydrogen-bond acceptors (Lipinski definition) is 8. The van der Waals surface area contributed by atoms with E-state index in [1.54, 1.807) is 0 Å². The van der Waals surface area contributed by atoms with Crippen LogP contribution < -0.4 is 5.32 Å². The molecule has 0 aliphatic rings. The molecule has 0 unspecified atom stereocenters. The summed E-state index contributed by atoms with van der Waals surface area (Å²) in [5, 5.41) is 38.6. The van der Waals surface area contributed by atoms with Crippen LogP contribution in [0.4, 0.5) is 0 Å². The van der Waals surface area contributed by atoms with Crippen molar-refractivity contribution in [2.24, 2.45) is 0 Å². The number of hydrogen-bond donors (Lipinski definition) is 5. The first-order chi connectivity index (χ1) is 8.83. The van der Waals surface area contributed by atoms with Crippen LogP contribution in [0.1, 0.15) is 6.92 Å². The summed E-state index contributed by atoms with van der Waals surface area (Å²) in [5.74, 6) is -1.56. The smallest absolute Gasteiger partial charge is 0.303 e. The number of carbonyl (C=O) groups excluding carboxylic acids is 3. The number of ether oxygens (including phenoxy) is 1. The molecule has 0 aliphatic carbocycles. The Hall–Kier alpha value is -1.55. The maximum Gasteiger partial charge on any atom is 0.303 e. The van der Waals surface area contributed by atoms with Gasteiger partial charge in [0.2, 0.25) is 0 Å². The summed E-state index contributed by atoms with van der Waals surface area (Å²) in [5.41, 5.74) is 0. The summed E-state index contributed by atoms with van der Waals surface area (Å²) in [6.45, 7) is -0.392. The third-order valence-corrected chi connectivity index (χ3v) is 2.18. The second kappa shape index (κ2) is 8.53. The fraction of sp³-hybridized carbons (Fsp3) is 0.700. The molecular weight excluding hydrogens is 262 g/mol. The molecule has 0 aromatic carbocycles. The van der Waals surface area contributed by atoms with Crippen LogP contribution in [0.5, 0.6) is 0 Å². The summed E-state index contributed by atoms with van der Waals surface area (Å²) in [4.78, 5) is 32.4. The summed E-state index contributed by atoms with van der Waals surface area (Å²) in [6, 6.07) is -1.51. The molecule has 9 nitrogen and oxygen atoms in total. The van der Waals surface area contributed by atoms with Gasteiger partial charge < -0.3 is 35.3 Å². The van der Waals surface area contributed by atoms with Crippen LogP contribution in [0.25, 0.3) is 0 Å². The van der Waals surface area contributed by atoms with E-state index in [1.807, 2.05) is 5.32 Å². The van der Waals surface area contributed by atoms with Crippen molar-refractivity contribution < 1.29 is 39.5 Å². The van der Waals surface area contributed by atoms with Gasteiger partial charge in [0, 0.05) is 6.92 Å². The summed E-state index contributed by atoms with van der Waals surface area (Å²) >= 11 is 0. The molecule has 0 saturated carbocycles. The topological polar surface area (TPSA) is 153 Å². The highest BCUT2D eigenvalue weighted by molar-refractivity contribution is 5.82. The van der Waals surface area contributed by atoms with Gasteiger partial charge in [-0.1, -0.05) is 0 Å². The van der Waals surface area contributed by atoms with Crippen molar-refractivity contribution in [3.05, 3.63) is 0 Å². The van der Waals surface area contributed by atoms with Gasteiger partial charge in [0.25, 0.3) is 5.91 Å². The Balaban J connectivity index is 4.44. The predicted molar refractivity (Wildman–Crippen MR) is 59.7 cm³/mol. The first kappa shape index (κ1) is 17.4. The minimum absolute atomic E-state index is 0.143. The summed E-state index contributed by atoms with van der Waals surface area (Å²) < 4.78 is 4.36. The minimum Gasteiger partial charge on any atom is -0.456 e. The number of rotatable bonds is 8. The van der Waals surface area contributed by atoms with Crippen LogP contribution >= 0.6 is 0 Å². The number of esters is 1. The summed E-state index contributed by atoms with van der Waals surface area (Å²) in [7, 11) is 0. The Morgan fingerprint density at radius 1 is 1.26 bits per heavy atom. The molecular formula is C10H17NO8. The second-order valence-corrected chi connectivity index (χ2v) is 3.74. The predicted octanol–water partition coefficient (Wildman–Crippen LogP) is -3.69. The number of aliphatic hydroxyl groups excluding tert-OH is 4. The maximum atomic E-state index is 11.2. The van der Waals surface area contributed by atoms with Gasteiger partial charge in [-0.15, -0.1) is 0 Å². The molecule has 0 rings (SSSR count). The van der Waals surface area contributed by atoms with Crippen molar-refractivity contribution in [3.63, 3.8) is 0 Å². The lowest BCUT2D eigenvalue weighted by molar-refractivity contribution is -0.147. The van der Waals surface area contributed by atoms with Gasteiger partial charge in [-0.3, -0.25) is 9.59 Å². The van der Waals surface area contributed by atoms with Gasteiger partial charge in [-0.25, -0.2) is 0 Å². The zero-order valence-electron chi connectivity index (χ0n) is 10.2. The van der Waals surface area contributed by atoms with Gasteiger partial charge in [0.15, 0.2) is 6.61 Å². The molecule has 0 bridgehead atoms. The lowest BCUT2D eigenvalue weighted by atomic mass is 10.0. The van der Waals surface area contributed by atoms with Crippen LogP contribution in [-0.2, 0) is 19.1 Å². The lowest BCUT2D eigenvalue weighted by Gasteiger charge is -2.26. The van der Waals surface area contributed by atoms with E-state index in [1.165, 1.54) is 0 Å². The SMILES string of the molecule is CC(=O)OCC(=O)N[C@@H](C=O)[C@@H](O)[C@H](O)[C@H](O)CO. The van der Waals surface area contributed by atoms with E-state index in [9.17, 15) is 24.6 Å². The molecule has 0 radical (unpaired) electrons. The number of amides is 1. The monoisotopic (exact) mass is 279 g/mol. The van der Waals surface area contributed by atoms with Crippen molar-refractivity contribution in [3.8, 4) is 0 Å². The molecule has 1 amide bonds. The van der Waals surface area contributed by atoms with Crippen molar-refractivity contribution in [1.29, 1.82) is 0 Å². The Bertz CT molecular complexity index is 321. The van der Waals surface area contributed by atoms with Crippen LogP contribution in [-0.4, -0.2) is 76.2 Å². The van der Waals surface area contributed by atoms with Crippen LogP contribution in [0.2, 0.25) is 0 Å². The van der Waals surface area contributed by atoms with Crippen LogP contribution in [0, 0.1) is 0 Å². The molecule has 0 fully saturated rings. The molecule has 0 aliphatic heterocycles. The van der Waals surface area contributed by atoms with Crippen LogP contribution in [0.3, 0.4) is 0 Å². The average molecular weight is 279 g/mol. The number of nitrogens with one attached hydrogen (secondary N) is 1. The molecule has 110 valence electrons. The van der Waals surface area contributed by atoms with Gasteiger partial charge in [0.05, 0.1) is 6.61 Å². The maximum absolute atomic E-state index is 11.2. The first-order valence-electron chi connectivity index (χ1n) is 5.36. The van der Waals surface area contributed by atoms with Crippen molar-refractivity contribution in [2.75, 3.05) is 13.2 Å². The second-order valence-electron chi connectivity index (χ2n) is 3.74. The van der Waals surface area contributed by atoms with E-state index in [2.05, 4.69) is 4.74 Å². The van der Waals surface area contributed by atoms with E-state index >= 15 is 0 Å². The molecule has 19 heavy (non-hydrogen) atoms. The lowest BCUT2D eigenvalue weighted by Crippen LogP contribution is -2.54. The molecule has 5 N–H and O–H groups in total. The third-order valence-electron chi connectivity index (χ3n) is 2.18. The van der Waals surface area contributed by atoms with E-state index in [-0.39, 0.29) is 6.29 Å². The number of aliphatic hydroxyl groups is 4. The fourth-order valence-corrected chi connectivity index (χ4v) is 1.14. The Kier molecular flexibility index (Phi) is 7.84. The quantitative estimate of drug-likeness (QED) is 0.225. The Morgan fingerprint density at radius 3 is 2.26 bits per heavy atom. The zero-order valence-corrected chi connectivity index (χ0v) is 10.2. The van der Waals surface area contributed by atoms with Crippen molar-refractivity contribution >= 4 is 18.2 Å². The molecule has 9 heteroatoms. The van der Waals surface area contributed by atoms with E-state index in [0.29, 0.717) is 0 Å². The van der Waals surface area contributed by atoms with E-state index in [0.717, 1.165) is 6.92 Å². The molecule has 0 heterocycles. The highest BCUT2D eigenvalue weighted by Gasteiger charge is 2.31. The molecule has 0 aromatic heterocycles. The standard InChI is InChI=1S/C10H17NO8/c1-5(14)19-4-8(16)11-6(2-12)9(17)10(18)7(15)3-13/h2,6-7,9-10,13,15,17-18H,3-4H2,1H3,(H,11,16)/t6-,7+,9+,10+/m0/s1. The first-order valence-corrected chi connectivity index (χ1v) is 5.36. The Labute approximate surface area is 108 Å². The number of carbonyl (C=O) groups is 3. The fourth-order valence-electron chi connectivity index (χ4n) is 1.14. The van der Waals surface area contributed by atoms with E-state index < -0.39 is 49.4 Å². The highest BCUT2D eigenvalue weighted by Crippen LogP contribution is 2.03. The van der Waals surface area contributed by atoms with Gasteiger partial charge in [0.1, 0.15) is 30.6 Å². The normalized spacial score (nSPS) is 16.9. The van der Waals surface area contributed by atoms with Crippen molar-refractivity contribution in [2.45, 2.75) is 31.3 Å². The highest BCUT2D eigenvalue weighted by atomic mass is 16.5. The molecule has 0 saturated heterocycles. The van der Waals surface area contributed by atoms with Gasteiger partial charge in [-0.05, 0) is 0 Å². The van der Waals surface area contributed by atoms with Crippen molar-refractivity contribution in [1.82, 2.24) is 5.32 Å². The molecule has 0 aromatic rings. The number of aldehydes is 1. The molecule has 4 atom stereocenters. The Morgan fingerprint density at radius 2 is 1.84 bits per heavy atom. The van der Waals surface area contributed by atoms with Crippen LogP contribution in [0.15, 0.2) is 0 Å². The largest absolute Gasteiger partial charge is 0.456 e. The van der Waals surface area contributed by atoms with Gasteiger partial charge >= 0.3 is 5.97 Å².